The molecule has 1 amide bonds. The number of ether oxygens (including phenoxy) is 2. The molecule has 0 aromatic heterocycles. The average molecular weight is 230 g/mol. The normalized spacial score (nSPS) is 29.9. The number of methoxy groups -OCH3 is 1. The Morgan fingerprint density at radius 2 is 1.94 bits per heavy atom. The van der Waals surface area contributed by atoms with Crippen LogP contribution in [-0.4, -0.2) is 55.4 Å². The molecule has 1 aliphatic heterocycles. The van der Waals surface area contributed by atoms with Crippen molar-refractivity contribution >= 4 is 5.91 Å². The molecule has 0 saturated carbocycles. The van der Waals surface area contributed by atoms with E-state index in [1.54, 1.807) is 18.9 Å². The highest BCUT2D eigenvalue weighted by Gasteiger charge is 2.31. The Kier molecular flexibility index (Phi) is 4.70. The molecule has 0 aromatic rings. The molecular weight excluding hydrogens is 208 g/mol. The van der Waals surface area contributed by atoms with E-state index in [1.807, 2.05) is 13.8 Å². The molecule has 1 heterocycles. The van der Waals surface area contributed by atoms with Crippen molar-refractivity contribution in [2.75, 3.05) is 20.2 Å². The van der Waals surface area contributed by atoms with Gasteiger partial charge in [0, 0.05) is 20.2 Å². The van der Waals surface area contributed by atoms with E-state index < -0.39 is 6.04 Å². The summed E-state index contributed by atoms with van der Waals surface area (Å²) in [5.41, 5.74) is 5.84. The van der Waals surface area contributed by atoms with Gasteiger partial charge in [-0.2, -0.15) is 0 Å². The van der Waals surface area contributed by atoms with Crippen LogP contribution >= 0.6 is 0 Å². The number of nitrogens with zero attached hydrogens (tertiary/aromatic N) is 1. The number of hydrogen-bond donors (Lipinski definition) is 1. The molecule has 2 unspecified atom stereocenters. The summed E-state index contributed by atoms with van der Waals surface area (Å²) in [6.07, 6.45) is -0.128. The van der Waals surface area contributed by atoms with Crippen LogP contribution in [0.4, 0.5) is 0 Å². The molecule has 94 valence electrons. The number of morpholine rings is 1. The molecule has 2 N–H and O–H groups in total. The van der Waals surface area contributed by atoms with Crippen molar-refractivity contribution in [1.82, 2.24) is 4.90 Å². The van der Waals surface area contributed by atoms with Crippen LogP contribution in [0.25, 0.3) is 0 Å². The maximum Gasteiger partial charge on any atom is 0.242 e. The average Bonchev–Trinajstić information content (AvgIpc) is 2.24. The standard InChI is InChI=1S/C11H22N2O3/c1-7-5-13(6-8(2)16-7)11(14)10(12)9(3)15-4/h7-10H,5-6,12H2,1-4H3/t7-,8+,9?,10?. The van der Waals surface area contributed by atoms with Gasteiger partial charge in [0.15, 0.2) is 0 Å². The monoisotopic (exact) mass is 230 g/mol. The number of hydrogen-bond acceptors (Lipinski definition) is 4. The van der Waals surface area contributed by atoms with Crippen LogP contribution in [0.2, 0.25) is 0 Å². The maximum absolute atomic E-state index is 12.1. The van der Waals surface area contributed by atoms with Gasteiger partial charge in [0.2, 0.25) is 5.91 Å². The highest BCUT2D eigenvalue weighted by atomic mass is 16.5. The first-order valence-corrected chi connectivity index (χ1v) is 5.68. The second kappa shape index (κ2) is 5.61. The van der Waals surface area contributed by atoms with E-state index in [1.165, 1.54) is 0 Å². The predicted octanol–water partition coefficient (Wildman–Crippen LogP) is -0.0156. The largest absolute Gasteiger partial charge is 0.380 e. The Bertz CT molecular complexity index is 237. The predicted molar refractivity (Wildman–Crippen MR) is 61.0 cm³/mol. The number of rotatable bonds is 3. The molecule has 5 nitrogen and oxygen atoms in total. The maximum atomic E-state index is 12.1. The van der Waals surface area contributed by atoms with Gasteiger partial charge >= 0.3 is 0 Å². The van der Waals surface area contributed by atoms with E-state index in [9.17, 15) is 4.79 Å². The van der Waals surface area contributed by atoms with Crippen LogP contribution in [-0.2, 0) is 14.3 Å². The first-order valence-electron chi connectivity index (χ1n) is 5.68. The Morgan fingerprint density at radius 3 is 2.38 bits per heavy atom. The molecule has 1 rings (SSSR count). The van der Waals surface area contributed by atoms with Crippen LogP contribution < -0.4 is 5.73 Å². The second-order valence-corrected chi connectivity index (χ2v) is 4.47. The molecule has 1 saturated heterocycles. The van der Waals surface area contributed by atoms with E-state index in [-0.39, 0.29) is 24.2 Å². The van der Waals surface area contributed by atoms with Gasteiger partial charge in [-0.25, -0.2) is 0 Å². The molecule has 1 aliphatic rings. The van der Waals surface area contributed by atoms with E-state index >= 15 is 0 Å². The van der Waals surface area contributed by atoms with E-state index in [4.69, 9.17) is 15.2 Å². The Labute approximate surface area is 96.9 Å². The van der Waals surface area contributed by atoms with Crippen LogP contribution in [0.1, 0.15) is 20.8 Å². The highest BCUT2D eigenvalue weighted by Crippen LogP contribution is 2.12. The summed E-state index contributed by atoms with van der Waals surface area (Å²) in [5.74, 6) is -0.0589. The zero-order valence-electron chi connectivity index (χ0n) is 10.5. The zero-order valence-corrected chi connectivity index (χ0v) is 10.5. The smallest absolute Gasteiger partial charge is 0.242 e. The minimum absolute atomic E-state index is 0.0589. The van der Waals surface area contributed by atoms with Crippen molar-refractivity contribution in [3.8, 4) is 0 Å². The minimum Gasteiger partial charge on any atom is -0.380 e. The van der Waals surface area contributed by atoms with Crippen LogP contribution in [0.3, 0.4) is 0 Å². The Balaban J connectivity index is 2.59. The summed E-state index contributed by atoms with van der Waals surface area (Å²) in [7, 11) is 1.56. The van der Waals surface area contributed by atoms with Crippen molar-refractivity contribution < 1.29 is 14.3 Å². The molecule has 5 heteroatoms. The van der Waals surface area contributed by atoms with Crippen LogP contribution in [0, 0.1) is 0 Å². The van der Waals surface area contributed by atoms with Crippen LogP contribution in [0.15, 0.2) is 0 Å². The lowest BCUT2D eigenvalue weighted by molar-refractivity contribution is -0.147. The summed E-state index contributed by atoms with van der Waals surface area (Å²) in [6.45, 7) is 6.93. The van der Waals surface area contributed by atoms with Crippen molar-refractivity contribution in [2.45, 2.75) is 45.1 Å². The lowest BCUT2D eigenvalue weighted by atomic mass is 10.1. The summed E-state index contributed by atoms with van der Waals surface area (Å²) >= 11 is 0. The van der Waals surface area contributed by atoms with Gasteiger partial charge in [-0.15, -0.1) is 0 Å². The first kappa shape index (κ1) is 13.4. The molecule has 0 bridgehead atoms. The Hall–Kier alpha value is -0.650. The summed E-state index contributed by atoms with van der Waals surface area (Å²) in [5, 5.41) is 0. The van der Waals surface area contributed by atoms with Gasteiger partial charge in [0.05, 0.1) is 18.3 Å². The van der Waals surface area contributed by atoms with Crippen molar-refractivity contribution in [3.63, 3.8) is 0 Å². The van der Waals surface area contributed by atoms with Gasteiger partial charge < -0.3 is 20.1 Å². The third-order valence-corrected chi connectivity index (χ3v) is 2.89. The summed E-state index contributed by atoms with van der Waals surface area (Å²) < 4.78 is 10.6. The topological polar surface area (TPSA) is 64.8 Å². The quantitative estimate of drug-likeness (QED) is 0.740. The molecule has 4 atom stereocenters. The van der Waals surface area contributed by atoms with Gasteiger partial charge in [0.1, 0.15) is 6.04 Å². The lowest BCUT2D eigenvalue weighted by Gasteiger charge is -2.37. The lowest BCUT2D eigenvalue weighted by Crippen LogP contribution is -2.56. The first-order chi connectivity index (χ1) is 7.45. The van der Waals surface area contributed by atoms with Crippen molar-refractivity contribution in [3.05, 3.63) is 0 Å². The van der Waals surface area contributed by atoms with E-state index in [0.717, 1.165) is 0 Å². The number of nitrogens with two attached hydrogens (primary N) is 1. The molecule has 0 radical (unpaired) electrons. The zero-order chi connectivity index (χ0) is 12.3. The number of carbonyl (C=O) groups excluding carboxylic acids is 1. The number of carbonyl (C=O) groups is 1. The fraction of sp³-hybridized carbons (Fsp3) is 0.909. The third kappa shape index (κ3) is 3.17. The van der Waals surface area contributed by atoms with Gasteiger partial charge in [0.25, 0.3) is 0 Å². The van der Waals surface area contributed by atoms with Crippen molar-refractivity contribution in [2.24, 2.45) is 5.73 Å². The molecule has 0 aliphatic carbocycles. The molecule has 0 spiro atoms. The third-order valence-electron chi connectivity index (χ3n) is 2.89. The van der Waals surface area contributed by atoms with Crippen molar-refractivity contribution in [1.29, 1.82) is 0 Å². The molecule has 1 fully saturated rings. The summed E-state index contributed by atoms with van der Waals surface area (Å²) in [4.78, 5) is 13.8. The molecule has 16 heavy (non-hydrogen) atoms. The summed E-state index contributed by atoms with van der Waals surface area (Å²) in [6, 6.07) is -0.595. The number of amides is 1. The molecular formula is C11H22N2O3. The van der Waals surface area contributed by atoms with Gasteiger partial charge in [-0.05, 0) is 20.8 Å². The highest BCUT2D eigenvalue weighted by molar-refractivity contribution is 5.82. The fourth-order valence-corrected chi connectivity index (χ4v) is 1.92. The fourth-order valence-electron chi connectivity index (χ4n) is 1.92. The van der Waals surface area contributed by atoms with E-state index in [0.29, 0.717) is 13.1 Å². The van der Waals surface area contributed by atoms with Gasteiger partial charge in [-0.3, -0.25) is 4.79 Å². The molecule has 0 aromatic carbocycles. The minimum atomic E-state index is -0.595. The second-order valence-electron chi connectivity index (χ2n) is 4.47. The van der Waals surface area contributed by atoms with E-state index in [2.05, 4.69) is 0 Å². The van der Waals surface area contributed by atoms with Gasteiger partial charge in [-0.1, -0.05) is 0 Å². The van der Waals surface area contributed by atoms with Crippen LogP contribution in [0.5, 0.6) is 0 Å². The SMILES string of the molecule is COC(C)C(N)C(=O)N1C[C@@H](C)O[C@@H](C)C1. The Morgan fingerprint density at radius 1 is 1.44 bits per heavy atom.